The normalized spacial score (nSPS) is 10.5. The van der Waals surface area contributed by atoms with Gasteiger partial charge in [-0.1, -0.05) is 18.2 Å². The van der Waals surface area contributed by atoms with Crippen LogP contribution >= 0.6 is 12.2 Å². The number of benzene rings is 2. The Bertz CT molecular complexity index is 1020. The molecular weight excluding hydrogens is 396 g/mol. The molecule has 0 aliphatic rings. The lowest BCUT2D eigenvalue weighted by Gasteiger charge is -2.13. The molecule has 30 heavy (non-hydrogen) atoms. The highest BCUT2D eigenvalue weighted by Gasteiger charge is 2.08. The summed E-state index contributed by atoms with van der Waals surface area (Å²) in [5, 5.41) is 11.4. The monoisotopic (exact) mass is 424 g/mol. The topological polar surface area (TPSA) is 60.3 Å². The summed E-state index contributed by atoms with van der Waals surface area (Å²) < 4.78 is 13.2. The van der Waals surface area contributed by atoms with Crippen LogP contribution < -0.4 is 20.1 Å². The van der Waals surface area contributed by atoms with Crippen molar-refractivity contribution in [3.8, 4) is 11.5 Å². The first-order valence-electron chi connectivity index (χ1n) is 10.0. The fourth-order valence-electron chi connectivity index (χ4n) is 3.05. The Morgan fingerprint density at radius 1 is 1.00 bits per heavy atom. The van der Waals surface area contributed by atoms with Crippen LogP contribution in [0.5, 0.6) is 11.5 Å². The molecule has 1 heterocycles. The molecule has 0 amide bonds. The molecule has 1 aromatic heterocycles. The molecule has 0 bridgehead atoms. The molecule has 0 unspecified atom stereocenters. The van der Waals surface area contributed by atoms with E-state index in [4.69, 9.17) is 21.7 Å². The van der Waals surface area contributed by atoms with E-state index < -0.39 is 0 Å². The Kier molecular flexibility index (Phi) is 7.30. The van der Waals surface area contributed by atoms with E-state index in [2.05, 4.69) is 47.8 Å². The van der Waals surface area contributed by atoms with Gasteiger partial charge in [0.25, 0.3) is 0 Å². The van der Waals surface area contributed by atoms with Crippen molar-refractivity contribution in [2.45, 2.75) is 34.2 Å². The van der Waals surface area contributed by atoms with E-state index in [0.717, 1.165) is 34.0 Å². The van der Waals surface area contributed by atoms with Gasteiger partial charge in [-0.3, -0.25) is 4.68 Å². The zero-order valence-electron chi connectivity index (χ0n) is 17.9. The van der Waals surface area contributed by atoms with Crippen molar-refractivity contribution < 1.29 is 9.47 Å². The van der Waals surface area contributed by atoms with Crippen LogP contribution in [0.3, 0.4) is 0 Å². The molecule has 0 aliphatic heterocycles. The highest BCUT2D eigenvalue weighted by molar-refractivity contribution is 7.80. The quantitative estimate of drug-likeness (QED) is 0.488. The van der Waals surface area contributed by atoms with Gasteiger partial charge in [0.05, 0.1) is 31.6 Å². The number of nitrogens with zero attached hydrogens (tertiary/aromatic N) is 2. The van der Waals surface area contributed by atoms with E-state index in [-0.39, 0.29) is 0 Å². The average molecular weight is 425 g/mol. The van der Waals surface area contributed by atoms with Crippen LogP contribution in [-0.2, 0) is 6.54 Å². The maximum absolute atomic E-state index is 5.71. The summed E-state index contributed by atoms with van der Waals surface area (Å²) in [6.45, 7) is 9.84. The van der Waals surface area contributed by atoms with Gasteiger partial charge < -0.3 is 20.1 Å². The molecule has 3 rings (SSSR count). The van der Waals surface area contributed by atoms with Gasteiger partial charge in [0.2, 0.25) is 0 Å². The van der Waals surface area contributed by atoms with Crippen molar-refractivity contribution in [1.82, 2.24) is 9.78 Å². The molecule has 0 fully saturated rings. The van der Waals surface area contributed by atoms with Crippen LogP contribution in [0.25, 0.3) is 0 Å². The molecule has 0 radical (unpaired) electrons. The van der Waals surface area contributed by atoms with Crippen molar-refractivity contribution >= 4 is 28.7 Å². The molecule has 3 aromatic rings. The van der Waals surface area contributed by atoms with Gasteiger partial charge in [-0.05, 0) is 74.8 Å². The lowest BCUT2D eigenvalue weighted by atomic mass is 10.1. The summed E-state index contributed by atoms with van der Waals surface area (Å²) >= 11 is 5.46. The second kappa shape index (κ2) is 10.1. The second-order valence-corrected chi connectivity index (χ2v) is 7.38. The fourth-order valence-corrected chi connectivity index (χ4v) is 3.28. The predicted octanol–water partition coefficient (Wildman–Crippen LogP) is 5.15. The summed E-state index contributed by atoms with van der Waals surface area (Å²) in [4.78, 5) is 0. The number of aromatic nitrogens is 2. The molecule has 2 N–H and O–H groups in total. The lowest BCUT2D eigenvalue weighted by Crippen LogP contribution is -2.19. The SMILES string of the molecule is CCOc1ccc(Cn2cc(NC(=S)Nc3cc(C)ccc3C)cn2)cc1OCC. The summed E-state index contributed by atoms with van der Waals surface area (Å²) in [5.74, 6) is 1.51. The molecule has 0 saturated carbocycles. The van der Waals surface area contributed by atoms with Crippen molar-refractivity contribution in [3.63, 3.8) is 0 Å². The molecule has 158 valence electrons. The number of aryl methyl sites for hydroxylation is 2. The first-order chi connectivity index (χ1) is 14.5. The third kappa shape index (κ3) is 5.73. The molecule has 0 aliphatic carbocycles. The Morgan fingerprint density at radius 2 is 1.77 bits per heavy atom. The van der Waals surface area contributed by atoms with Crippen molar-refractivity contribution in [3.05, 3.63) is 65.5 Å². The van der Waals surface area contributed by atoms with E-state index >= 15 is 0 Å². The molecule has 6 nitrogen and oxygen atoms in total. The second-order valence-electron chi connectivity index (χ2n) is 6.97. The zero-order chi connectivity index (χ0) is 21.5. The molecule has 0 saturated heterocycles. The van der Waals surface area contributed by atoms with Crippen LogP contribution in [-0.4, -0.2) is 28.1 Å². The number of thiocarbonyl (C=S) groups is 1. The molecular formula is C23H28N4O2S. The van der Waals surface area contributed by atoms with Gasteiger partial charge in [0.15, 0.2) is 16.6 Å². The number of hydrogen-bond donors (Lipinski definition) is 2. The van der Waals surface area contributed by atoms with Crippen LogP contribution in [0, 0.1) is 13.8 Å². The van der Waals surface area contributed by atoms with Crippen LogP contribution in [0.15, 0.2) is 48.8 Å². The van der Waals surface area contributed by atoms with Crippen molar-refractivity contribution in [2.75, 3.05) is 23.8 Å². The van der Waals surface area contributed by atoms with E-state index in [9.17, 15) is 0 Å². The summed E-state index contributed by atoms with van der Waals surface area (Å²) in [6, 6.07) is 12.2. The van der Waals surface area contributed by atoms with Crippen molar-refractivity contribution in [2.24, 2.45) is 0 Å². The summed E-state index contributed by atoms with van der Waals surface area (Å²) in [6.07, 6.45) is 3.68. The van der Waals surface area contributed by atoms with E-state index in [1.54, 1.807) is 6.20 Å². The molecule has 0 atom stereocenters. The highest BCUT2D eigenvalue weighted by Crippen LogP contribution is 2.29. The van der Waals surface area contributed by atoms with Gasteiger partial charge in [0, 0.05) is 11.9 Å². The minimum atomic E-state index is 0.531. The number of rotatable bonds is 8. The number of ether oxygens (including phenoxy) is 2. The molecule has 2 aromatic carbocycles. The first-order valence-corrected chi connectivity index (χ1v) is 10.5. The number of anilines is 2. The standard InChI is InChI=1S/C23H28N4O2S/c1-5-28-21-10-9-18(12-22(21)29-6-2)14-27-15-19(13-24-27)25-23(30)26-20-11-16(3)7-8-17(20)4/h7-13,15H,5-6,14H2,1-4H3,(H2,25,26,30). The highest BCUT2D eigenvalue weighted by atomic mass is 32.1. The molecule has 0 spiro atoms. The maximum Gasteiger partial charge on any atom is 0.175 e. The Hall–Kier alpha value is -3.06. The number of nitrogens with one attached hydrogen (secondary N) is 2. The summed E-state index contributed by atoms with van der Waals surface area (Å²) in [7, 11) is 0. The third-order valence-electron chi connectivity index (χ3n) is 4.48. The van der Waals surface area contributed by atoms with Crippen LogP contribution in [0.1, 0.15) is 30.5 Å². The maximum atomic E-state index is 5.71. The smallest absolute Gasteiger partial charge is 0.175 e. The Labute approximate surface area is 183 Å². The first kappa shape index (κ1) is 21.6. The van der Waals surface area contributed by atoms with Gasteiger partial charge in [-0.15, -0.1) is 0 Å². The van der Waals surface area contributed by atoms with Crippen molar-refractivity contribution in [1.29, 1.82) is 0 Å². The number of hydrogen-bond acceptors (Lipinski definition) is 4. The van der Waals surface area contributed by atoms with E-state index in [0.29, 0.717) is 24.9 Å². The predicted molar refractivity (Wildman–Crippen MR) is 126 cm³/mol. The van der Waals surface area contributed by atoms with Gasteiger partial charge in [-0.2, -0.15) is 5.10 Å². The fraction of sp³-hybridized carbons (Fsp3) is 0.304. The molecule has 7 heteroatoms. The summed E-state index contributed by atoms with van der Waals surface area (Å²) in [5.41, 5.74) is 5.22. The van der Waals surface area contributed by atoms with E-state index in [1.165, 1.54) is 5.56 Å². The zero-order valence-corrected chi connectivity index (χ0v) is 18.7. The average Bonchev–Trinajstić information content (AvgIpc) is 3.13. The van der Waals surface area contributed by atoms with E-state index in [1.807, 2.05) is 42.9 Å². The Balaban J connectivity index is 1.64. The lowest BCUT2D eigenvalue weighted by molar-refractivity contribution is 0.287. The van der Waals surface area contributed by atoms with Gasteiger partial charge in [0.1, 0.15) is 0 Å². The van der Waals surface area contributed by atoms with Gasteiger partial charge >= 0.3 is 0 Å². The van der Waals surface area contributed by atoms with Gasteiger partial charge in [-0.25, -0.2) is 0 Å². The van der Waals surface area contributed by atoms with Crippen LogP contribution in [0.2, 0.25) is 0 Å². The third-order valence-corrected chi connectivity index (χ3v) is 4.69. The minimum absolute atomic E-state index is 0.531. The minimum Gasteiger partial charge on any atom is -0.490 e. The largest absolute Gasteiger partial charge is 0.490 e. The Morgan fingerprint density at radius 3 is 2.53 bits per heavy atom. The van der Waals surface area contributed by atoms with Crippen LogP contribution in [0.4, 0.5) is 11.4 Å².